The number of rotatable bonds is 4. The molecule has 0 saturated carbocycles. The molecular weight excluding hydrogens is 196 g/mol. The van der Waals surface area contributed by atoms with Crippen molar-refractivity contribution in [1.29, 1.82) is 0 Å². The molecule has 0 aromatic carbocycles. The predicted molar refractivity (Wildman–Crippen MR) is 57.3 cm³/mol. The van der Waals surface area contributed by atoms with E-state index in [0.717, 1.165) is 0 Å². The molecule has 1 N–H and O–H groups in total. The zero-order valence-corrected chi connectivity index (χ0v) is 9.01. The van der Waals surface area contributed by atoms with Crippen LogP contribution in [0.25, 0.3) is 0 Å². The summed E-state index contributed by atoms with van der Waals surface area (Å²) in [7, 11) is 5.34. The second-order valence-corrected chi connectivity index (χ2v) is 3.36. The van der Waals surface area contributed by atoms with Gasteiger partial charge in [-0.25, -0.2) is 4.98 Å². The molecule has 0 fully saturated rings. The van der Waals surface area contributed by atoms with Crippen LogP contribution < -0.4 is 9.80 Å². The Morgan fingerprint density at radius 3 is 2.67 bits per heavy atom. The molecule has 1 heterocycles. The zero-order chi connectivity index (χ0) is 11.4. The molecule has 0 radical (unpaired) electrons. The van der Waals surface area contributed by atoms with E-state index in [1.54, 1.807) is 29.1 Å². The smallest absolute Gasteiger partial charge is 0.323 e. The Morgan fingerprint density at radius 1 is 1.47 bits per heavy atom. The first-order valence-electron chi connectivity index (χ1n) is 4.44. The highest BCUT2D eigenvalue weighted by atomic mass is 16.4. The number of aromatic nitrogens is 2. The summed E-state index contributed by atoms with van der Waals surface area (Å²) in [6, 6.07) is 1.68. The highest BCUT2D eigenvalue weighted by molar-refractivity contribution is 5.72. The van der Waals surface area contributed by atoms with Gasteiger partial charge < -0.3 is 14.9 Å². The lowest BCUT2D eigenvalue weighted by Gasteiger charge is -2.17. The lowest BCUT2D eigenvalue weighted by molar-refractivity contribution is -0.135. The summed E-state index contributed by atoms with van der Waals surface area (Å²) in [6.45, 7) is -0.0795. The number of aliphatic carboxylic acids is 1. The molecule has 0 bridgehead atoms. The molecule has 0 amide bonds. The van der Waals surface area contributed by atoms with Crippen molar-refractivity contribution >= 4 is 17.7 Å². The van der Waals surface area contributed by atoms with Crippen LogP contribution in [0.5, 0.6) is 0 Å². The average Bonchev–Trinajstić information content (AvgIpc) is 2.17. The van der Waals surface area contributed by atoms with Crippen LogP contribution in [-0.2, 0) is 4.79 Å². The van der Waals surface area contributed by atoms with Crippen LogP contribution in [0.1, 0.15) is 0 Å². The Hall–Kier alpha value is -1.85. The van der Waals surface area contributed by atoms with E-state index in [-0.39, 0.29) is 6.54 Å². The van der Waals surface area contributed by atoms with Gasteiger partial charge in [0.2, 0.25) is 5.95 Å². The van der Waals surface area contributed by atoms with Gasteiger partial charge in [0.05, 0.1) is 0 Å². The molecule has 0 atom stereocenters. The minimum absolute atomic E-state index is 0.0795. The van der Waals surface area contributed by atoms with E-state index in [9.17, 15) is 4.79 Å². The normalized spacial score (nSPS) is 9.80. The fourth-order valence-electron chi connectivity index (χ4n) is 1.05. The van der Waals surface area contributed by atoms with Gasteiger partial charge in [0.1, 0.15) is 12.4 Å². The number of carbonyl (C=O) groups is 1. The summed E-state index contributed by atoms with van der Waals surface area (Å²) in [6.07, 6.45) is 1.61. The van der Waals surface area contributed by atoms with Crippen LogP contribution in [-0.4, -0.2) is 48.7 Å². The van der Waals surface area contributed by atoms with Crippen molar-refractivity contribution in [2.24, 2.45) is 0 Å². The van der Waals surface area contributed by atoms with E-state index in [1.807, 2.05) is 14.1 Å². The van der Waals surface area contributed by atoms with Gasteiger partial charge in [0.15, 0.2) is 0 Å². The standard InChI is InChI=1S/C9H14N4O2/c1-12(2)9-10-5-4-7(11-9)13(3)6-8(14)15/h4-5H,6H2,1-3H3,(H,14,15). The summed E-state index contributed by atoms with van der Waals surface area (Å²) in [5, 5.41) is 8.63. The molecule has 0 aliphatic heterocycles. The predicted octanol–water partition coefficient (Wildman–Crippen LogP) is 0.0634. The summed E-state index contributed by atoms with van der Waals surface area (Å²) >= 11 is 0. The fourth-order valence-corrected chi connectivity index (χ4v) is 1.05. The Bertz CT molecular complexity index is 354. The third-order valence-electron chi connectivity index (χ3n) is 1.79. The van der Waals surface area contributed by atoms with Crippen LogP contribution in [0.2, 0.25) is 0 Å². The molecule has 0 saturated heterocycles. The van der Waals surface area contributed by atoms with Gasteiger partial charge in [-0.3, -0.25) is 4.79 Å². The molecule has 82 valence electrons. The highest BCUT2D eigenvalue weighted by Crippen LogP contribution is 2.11. The van der Waals surface area contributed by atoms with E-state index < -0.39 is 5.97 Å². The topological polar surface area (TPSA) is 69.6 Å². The first-order chi connectivity index (χ1) is 7.00. The van der Waals surface area contributed by atoms with E-state index in [1.165, 1.54) is 0 Å². The number of carboxylic acids is 1. The van der Waals surface area contributed by atoms with Crippen molar-refractivity contribution in [3.8, 4) is 0 Å². The zero-order valence-electron chi connectivity index (χ0n) is 9.01. The largest absolute Gasteiger partial charge is 0.480 e. The average molecular weight is 210 g/mol. The van der Waals surface area contributed by atoms with Gasteiger partial charge in [-0.1, -0.05) is 0 Å². The van der Waals surface area contributed by atoms with E-state index in [0.29, 0.717) is 11.8 Å². The van der Waals surface area contributed by atoms with Crippen LogP contribution in [0.3, 0.4) is 0 Å². The quantitative estimate of drug-likeness (QED) is 0.758. The van der Waals surface area contributed by atoms with Crippen molar-refractivity contribution in [3.63, 3.8) is 0 Å². The Morgan fingerprint density at radius 2 is 2.13 bits per heavy atom. The lowest BCUT2D eigenvalue weighted by Crippen LogP contribution is -2.26. The van der Waals surface area contributed by atoms with Gasteiger partial charge in [0, 0.05) is 27.3 Å². The number of likely N-dealkylation sites (N-methyl/N-ethyl adjacent to an activating group) is 1. The molecule has 0 spiro atoms. The molecule has 1 aromatic heterocycles. The minimum atomic E-state index is -0.887. The van der Waals surface area contributed by atoms with Crippen molar-refractivity contribution in [3.05, 3.63) is 12.3 Å². The molecule has 0 aliphatic carbocycles. The van der Waals surface area contributed by atoms with Crippen LogP contribution in [0, 0.1) is 0 Å². The maximum Gasteiger partial charge on any atom is 0.323 e. The summed E-state index contributed by atoms with van der Waals surface area (Å²) < 4.78 is 0. The number of anilines is 2. The number of hydrogen-bond donors (Lipinski definition) is 1. The van der Waals surface area contributed by atoms with Crippen molar-refractivity contribution in [1.82, 2.24) is 9.97 Å². The maximum atomic E-state index is 10.5. The van der Waals surface area contributed by atoms with Gasteiger partial charge in [0.25, 0.3) is 0 Å². The highest BCUT2D eigenvalue weighted by Gasteiger charge is 2.08. The van der Waals surface area contributed by atoms with Crippen LogP contribution in [0.4, 0.5) is 11.8 Å². The SMILES string of the molecule is CN(C)c1nccc(N(C)CC(=O)O)n1. The van der Waals surface area contributed by atoms with E-state index >= 15 is 0 Å². The monoisotopic (exact) mass is 210 g/mol. The molecule has 0 unspecified atom stereocenters. The maximum absolute atomic E-state index is 10.5. The Kier molecular flexibility index (Phi) is 3.43. The number of hydrogen-bond acceptors (Lipinski definition) is 5. The third kappa shape index (κ3) is 3.08. The first kappa shape index (κ1) is 11.2. The number of carboxylic acid groups (broad SMARTS) is 1. The number of nitrogens with zero attached hydrogens (tertiary/aromatic N) is 4. The second-order valence-electron chi connectivity index (χ2n) is 3.36. The Balaban J connectivity index is 2.85. The fraction of sp³-hybridized carbons (Fsp3) is 0.444. The molecule has 1 rings (SSSR count). The molecule has 15 heavy (non-hydrogen) atoms. The molecular formula is C9H14N4O2. The van der Waals surface area contributed by atoms with E-state index in [2.05, 4.69) is 9.97 Å². The second kappa shape index (κ2) is 4.59. The molecule has 0 aliphatic rings. The Labute approximate surface area is 88.2 Å². The molecule has 1 aromatic rings. The van der Waals surface area contributed by atoms with E-state index in [4.69, 9.17) is 5.11 Å². The minimum Gasteiger partial charge on any atom is -0.480 e. The van der Waals surface area contributed by atoms with Crippen molar-refractivity contribution < 1.29 is 9.90 Å². The molecule has 6 heteroatoms. The summed E-state index contributed by atoms with van der Waals surface area (Å²) in [4.78, 5) is 22.1. The van der Waals surface area contributed by atoms with Gasteiger partial charge in [-0.15, -0.1) is 0 Å². The first-order valence-corrected chi connectivity index (χ1v) is 4.44. The summed E-state index contributed by atoms with van der Waals surface area (Å²) in [5.41, 5.74) is 0. The van der Waals surface area contributed by atoms with Gasteiger partial charge >= 0.3 is 5.97 Å². The van der Waals surface area contributed by atoms with Crippen LogP contribution in [0.15, 0.2) is 12.3 Å². The van der Waals surface area contributed by atoms with Crippen molar-refractivity contribution in [2.45, 2.75) is 0 Å². The lowest BCUT2D eigenvalue weighted by atomic mass is 10.5. The third-order valence-corrected chi connectivity index (χ3v) is 1.79. The van der Waals surface area contributed by atoms with Crippen LogP contribution >= 0.6 is 0 Å². The summed E-state index contributed by atoms with van der Waals surface area (Å²) in [5.74, 6) is 0.267. The van der Waals surface area contributed by atoms with Crippen molar-refractivity contribution in [2.75, 3.05) is 37.5 Å². The molecule has 6 nitrogen and oxygen atoms in total. The van der Waals surface area contributed by atoms with Gasteiger partial charge in [-0.2, -0.15) is 4.98 Å². The van der Waals surface area contributed by atoms with Gasteiger partial charge in [-0.05, 0) is 6.07 Å².